The highest BCUT2D eigenvalue weighted by Crippen LogP contribution is 2.21. The van der Waals surface area contributed by atoms with Crippen molar-refractivity contribution in [3.05, 3.63) is 54.2 Å². The van der Waals surface area contributed by atoms with Gasteiger partial charge in [-0.1, -0.05) is 18.2 Å². The smallest absolute Gasteiger partial charge is 0.326 e. The van der Waals surface area contributed by atoms with Gasteiger partial charge in [0.15, 0.2) is 0 Å². The molecule has 1 aliphatic heterocycles. The van der Waals surface area contributed by atoms with E-state index in [-0.39, 0.29) is 19.3 Å². The normalized spacial score (nSPS) is 17.1. The van der Waals surface area contributed by atoms with Gasteiger partial charge in [-0.15, -0.1) is 0 Å². The number of hydrogen-bond donors (Lipinski definition) is 7. The molecule has 218 valence electrons. The molecule has 0 spiro atoms. The number of imidazole rings is 1. The molecule has 3 amide bonds. The topological polar surface area (TPSA) is 224 Å². The van der Waals surface area contributed by atoms with Crippen LogP contribution in [-0.2, 0) is 36.8 Å². The van der Waals surface area contributed by atoms with Gasteiger partial charge in [-0.05, 0) is 30.9 Å². The number of benzene rings is 1. The molecule has 4 rings (SSSR count). The van der Waals surface area contributed by atoms with Crippen LogP contribution in [0.3, 0.4) is 0 Å². The van der Waals surface area contributed by atoms with E-state index in [2.05, 4.69) is 25.6 Å². The Balaban J connectivity index is 1.44. The number of H-pyrrole nitrogens is 2. The lowest BCUT2D eigenvalue weighted by Gasteiger charge is -2.28. The number of carboxylic acids is 2. The Bertz CT molecular complexity index is 1400. The van der Waals surface area contributed by atoms with E-state index in [4.69, 9.17) is 5.73 Å². The third kappa shape index (κ3) is 7.28. The first-order valence-electron chi connectivity index (χ1n) is 13.3. The van der Waals surface area contributed by atoms with Crippen LogP contribution in [0.1, 0.15) is 36.9 Å². The fourth-order valence-electron chi connectivity index (χ4n) is 5.03. The Morgan fingerprint density at radius 3 is 2.56 bits per heavy atom. The van der Waals surface area contributed by atoms with Crippen LogP contribution in [0.5, 0.6) is 0 Å². The predicted molar refractivity (Wildman–Crippen MR) is 145 cm³/mol. The molecule has 4 atom stereocenters. The fraction of sp³-hybridized carbons (Fsp3) is 0.407. The molecule has 4 unspecified atom stereocenters. The third-order valence-electron chi connectivity index (χ3n) is 7.14. The predicted octanol–water partition coefficient (Wildman–Crippen LogP) is -0.0865. The van der Waals surface area contributed by atoms with Crippen molar-refractivity contribution in [1.29, 1.82) is 0 Å². The Morgan fingerprint density at radius 2 is 1.85 bits per heavy atom. The second-order valence-electron chi connectivity index (χ2n) is 10.0. The van der Waals surface area contributed by atoms with Crippen LogP contribution in [0.15, 0.2) is 43.0 Å². The minimum atomic E-state index is -1.34. The highest BCUT2D eigenvalue weighted by molar-refractivity contribution is 5.95. The zero-order valence-corrected chi connectivity index (χ0v) is 22.2. The lowest BCUT2D eigenvalue weighted by Crippen LogP contribution is -2.57. The van der Waals surface area contributed by atoms with Crippen LogP contribution >= 0.6 is 0 Å². The Kier molecular flexibility index (Phi) is 9.34. The van der Waals surface area contributed by atoms with Gasteiger partial charge in [0.25, 0.3) is 0 Å². The molecule has 1 aliphatic rings. The van der Waals surface area contributed by atoms with Crippen LogP contribution in [-0.4, -0.2) is 90.4 Å². The van der Waals surface area contributed by atoms with Gasteiger partial charge in [0.05, 0.1) is 12.4 Å². The van der Waals surface area contributed by atoms with Crippen molar-refractivity contribution in [2.75, 3.05) is 6.54 Å². The van der Waals surface area contributed by atoms with Gasteiger partial charge in [-0.25, -0.2) is 9.78 Å². The van der Waals surface area contributed by atoms with E-state index < -0.39 is 60.2 Å². The molecule has 41 heavy (non-hydrogen) atoms. The number of carboxylic acid groups (broad SMARTS) is 2. The molecule has 0 saturated carbocycles. The number of fused-ring (bicyclic) bond motifs is 1. The van der Waals surface area contributed by atoms with Crippen LogP contribution in [0.25, 0.3) is 10.9 Å². The van der Waals surface area contributed by atoms with Crippen molar-refractivity contribution >= 4 is 40.6 Å². The zero-order valence-electron chi connectivity index (χ0n) is 22.2. The number of nitrogens with two attached hydrogens (primary N) is 1. The fourth-order valence-corrected chi connectivity index (χ4v) is 5.03. The van der Waals surface area contributed by atoms with Gasteiger partial charge in [-0.3, -0.25) is 19.2 Å². The largest absolute Gasteiger partial charge is 0.481 e. The minimum absolute atomic E-state index is 0.0379. The second-order valence-corrected chi connectivity index (χ2v) is 10.0. The lowest BCUT2D eigenvalue weighted by atomic mass is 10.0. The maximum Gasteiger partial charge on any atom is 0.326 e. The zero-order chi connectivity index (χ0) is 29.5. The molecule has 1 fully saturated rings. The molecule has 0 radical (unpaired) electrons. The van der Waals surface area contributed by atoms with Gasteiger partial charge < -0.3 is 41.4 Å². The Morgan fingerprint density at radius 1 is 1.07 bits per heavy atom. The molecule has 0 bridgehead atoms. The van der Waals surface area contributed by atoms with Crippen LogP contribution < -0.4 is 16.4 Å². The summed E-state index contributed by atoms with van der Waals surface area (Å²) in [5.74, 6) is -4.38. The summed E-state index contributed by atoms with van der Waals surface area (Å²) >= 11 is 0. The van der Waals surface area contributed by atoms with E-state index in [1.165, 1.54) is 11.2 Å². The molecular weight excluding hydrogens is 534 g/mol. The van der Waals surface area contributed by atoms with Crippen molar-refractivity contribution in [3.63, 3.8) is 0 Å². The van der Waals surface area contributed by atoms with Crippen molar-refractivity contribution in [2.45, 2.75) is 62.7 Å². The molecule has 14 heteroatoms. The Labute approximate surface area is 234 Å². The summed E-state index contributed by atoms with van der Waals surface area (Å²) in [4.78, 5) is 74.0. The number of nitrogens with one attached hydrogen (secondary N) is 4. The molecule has 14 nitrogen and oxygen atoms in total. The molecule has 1 saturated heterocycles. The number of carbonyl (C=O) groups excluding carboxylic acids is 3. The molecule has 3 heterocycles. The summed E-state index contributed by atoms with van der Waals surface area (Å²) < 4.78 is 0. The molecule has 1 aromatic carbocycles. The average Bonchev–Trinajstić information content (AvgIpc) is 3.71. The van der Waals surface area contributed by atoms with Gasteiger partial charge >= 0.3 is 11.9 Å². The summed E-state index contributed by atoms with van der Waals surface area (Å²) in [5, 5.41) is 24.8. The van der Waals surface area contributed by atoms with Gasteiger partial charge in [-0.2, -0.15) is 0 Å². The average molecular weight is 568 g/mol. The molecule has 2 aromatic heterocycles. The number of nitrogens with zero attached hydrogens (tertiary/aromatic N) is 2. The van der Waals surface area contributed by atoms with Crippen molar-refractivity contribution in [2.24, 2.45) is 5.73 Å². The summed E-state index contributed by atoms with van der Waals surface area (Å²) in [6.07, 6.45) is 5.00. The number of para-hydroxylation sites is 1. The summed E-state index contributed by atoms with van der Waals surface area (Å²) in [7, 11) is 0. The monoisotopic (exact) mass is 567 g/mol. The van der Waals surface area contributed by atoms with Crippen molar-refractivity contribution in [1.82, 2.24) is 30.5 Å². The van der Waals surface area contributed by atoms with Crippen LogP contribution in [0.2, 0.25) is 0 Å². The summed E-state index contributed by atoms with van der Waals surface area (Å²) in [5.41, 5.74) is 8.24. The standard InChI is InChI=1S/C27H33N7O7/c28-18(11-16-13-29-14-31-16)26(39)34-9-3-6-22(34)25(38)32-20(7-8-23(35)36)24(37)33-21(27(40)41)10-15-12-30-19-5-2-1-4-17(15)19/h1-2,4-5,12-14,18,20-22,30H,3,6-11,28H2,(H,29,31)(H,32,38)(H,33,37)(H,35,36)(H,40,41). The number of amides is 3. The molecular formula is C27H33N7O7. The SMILES string of the molecule is NC(Cc1cnc[nH]1)C(=O)N1CCCC1C(=O)NC(CCC(=O)O)C(=O)NC(Cc1c[nH]c2ccccc12)C(=O)O. The highest BCUT2D eigenvalue weighted by atomic mass is 16.4. The van der Waals surface area contributed by atoms with E-state index in [1.54, 1.807) is 12.4 Å². The number of rotatable bonds is 13. The number of hydrogen-bond acceptors (Lipinski definition) is 7. The lowest BCUT2D eigenvalue weighted by molar-refractivity contribution is -0.143. The van der Waals surface area contributed by atoms with E-state index in [0.717, 1.165) is 10.9 Å². The van der Waals surface area contributed by atoms with E-state index >= 15 is 0 Å². The van der Waals surface area contributed by atoms with E-state index in [9.17, 15) is 34.2 Å². The number of carbonyl (C=O) groups is 5. The van der Waals surface area contributed by atoms with E-state index in [0.29, 0.717) is 30.6 Å². The number of aliphatic carboxylic acids is 2. The maximum atomic E-state index is 13.3. The summed E-state index contributed by atoms with van der Waals surface area (Å²) in [6.45, 7) is 0.297. The van der Waals surface area contributed by atoms with Crippen molar-refractivity contribution < 1.29 is 34.2 Å². The number of likely N-dealkylation sites (tertiary alicyclic amines) is 1. The van der Waals surface area contributed by atoms with E-state index in [1.807, 2.05) is 24.3 Å². The number of aromatic amines is 2. The first-order valence-corrected chi connectivity index (χ1v) is 13.3. The van der Waals surface area contributed by atoms with Gasteiger partial charge in [0, 0.05) is 54.8 Å². The molecule has 0 aliphatic carbocycles. The first-order chi connectivity index (χ1) is 19.6. The highest BCUT2D eigenvalue weighted by Gasteiger charge is 2.38. The quantitative estimate of drug-likeness (QED) is 0.146. The van der Waals surface area contributed by atoms with Crippen LogP contribution in [0, 0.1) is 0 Å². The Hall–Kier alpha value is -4.72. The van der Waals surface area contributed by atoms with Crippen molar-refractivity contribution in [3.8, 4) is 0 Å². The first kappa shape index (κ1) is 29.3. The van der Waals surface area contributed by atoms with Crippen LogP contribution in [0.4, 0.5) is 0 Å². The third-order valence-corrected chi connectivity index (χ3v) is 7.14. The molecule has 3 aromatic rings. The molecule has 8 N–H and O–H groups in total. The maximum absolute atomic E-state index is 13.3. The minimum Gasteiger partial charge on any atom is -0.481 e. The summed E-state index contributed by atoms with van der Waals surface area (Å²) in [6, 6.07) is 2.82. The van der Waals surface area contributed by atoms with Gasteiger partial charge in [0.1, 0.15) is 18.1 Å². The number of aromatic nitrogens is 3. The van der Waals surface area contributed by atoms with Gasteiger partial charge in [0.2, 0.25) is 17.7 Å². The second kappa shape index (κ2) is 13.1.